The lowest BCUT2D eigenvalue weighted by atomic mass is 10.1. The number of piperazine rings is 1. The van der Waals surface area contributed by atoms with Crippen molar-refractivity contribution in [1.82, 2.24) is 4.90 Å². The van der Waals surface area contributed by atoms with Crippen LogP contribution in [-0.2, 0) is 4.79 Å². The summed E-state index contributed by atoms with van der Waals surface area (Å²) >= 11 is 1.46. The highest BCUT2D eigenvalue weighted by Gasteiger charge is 2.28. The van der Waals surface area contributed by atoms with Gasteiger partial charge in [-0.05, 0) is 54.1 Å². The molecule has 0 radical (unpaired) electrons. The normalized spacial score (nSPS) is 18.0. The van der Waals surface area contributed by atoms with Crippen LogP contribution in [0.4, 0.5) is 5.69 Å². The summed E-state index contributed by atoms with van der Waals surface area (Å²) in [5, 5.41) is 0.807. The van der Waals surface area contributed by atoms with E-state index in [4.69, 9.17) is 4.74 Å². The fourth-order valence-corrected chi connectivity index (χ4v) is 4.52. The number of para-hydroxylation sites is 1. The number of carbonyl (C=O) groups is 1. The van der Waals surface area contributed by atoms with Crippen molar-refractivity contribution in [3.63, 3.8) is 0 Å². The van der Waals surface area contributed by atoms with Crippen molar-refractivity contribution >= 4 is 34.6 Å². The maximum absolute atomic E-state index is 12.4. The number of amidine groups is 1. The lowest BCUT2D eigenvalue weighted by molar-refractivity contribution is -0.113. The Morgan fingerprint density at radius 3 is 2.47 bits per heavy atom. The van der Waals surface area contributed by atoms with Crippen LogP contribution >= 0.6 is 11.8 Å². The maximum atomic E-state index is 12.4. The second kappa shape index (κ2) is 9.22. The number of aliphatic imine (C=N–C) groups is 1. The summed E-state index contributed by atoms with van der Waals surface area (Å²) in [6, 6.07) is 16.1. The zero-order valence-electron chi connectivity index (χ0n) is 17.1. The quantitative estimate of drug-likeness (QED) is 0.533. The molecule has 0 bridgehead atoms. The number of aryl methyl sites for hydroxylation is 1. The van der Waals surface area contributed by atoms with Gasteiger partial charge >= 0.3 is 0 Å². The monoisotopic (exact) mass is 419 g/mol. The Bertz CT molecular complexity index is 990. The Kier molecular flexibility index (Phi) is 6.23. The zero-order valence-corrected chi connectivity index (χ0v) is 17.9. The second-order valence-electron chi connectivity index (χ2n) is 7.24. The van der Waals surface area contributed by atoms with Gasteiger partial charge in [0, 0.05) is 31.9 Å². The van der Waals surface area contributed by atoms with Gasteiger partial charge < -0.3 is 14.5 Å². The van der Waals surface area contributed by atoms with E-state index in [0.29, 0.717) is 11.5 Å². The number of benzene rings is 2. The molecule has 0 unspecified atom stereocenters. The largest absolute Gasteiger partial charge is 0.490 e. The van der Waals surface area contributed by atoms with Crippen LogP contribution in [0.5, 0.6) is 5.75 Å². The number of nitrogens with zero attached hydrogens (tertiary/aromatic N) is 3. The Labute approximate surface area is 181 Å². The van der Waals surface area contributed by atoms with Crippen LogP contribution < -0.4 is 9.64 Å². The molecular formula is C24H25N3O2S. The molecule has 1 fully saturated rings. The molecule has 0 atom stereocenters. The summed E-state index contributed by atoms with van der Waals surface area (Å²) in [5.74, 6) is 0.620. The first-order valence-electron chi connectivity index (χ1n) is 10.1. The summed E-state index contributed by atoms with van der Waals surface area (Å²) in [4.78, 5) is 22.0. The highest BCUT2D eigenvalue weighted by molar-refractivity contribution is 8.18. The summed E-state index contributed by atoms with van der Waals surface area (Å²) in [7, 11) is 0. The number of anilines is 1. The number of rotatable bonds is 5. The molecule has 2 aliphatic heterocycles. The van der Waals surface area contributed by atoms with Crippen molar-refractivity contribution < 1.29 is 9.53 Å². The third kappa shape index (κ3) is 4.60. The van der Waals surface area contributed by atoms with Crippen LogP contribution in [-0.4, -0.2) is 48.8 Å². The van der Waals surface area contributed by atoms with E-state index in [1.165, 1.54) is 23.0 Å². The number of carbonyl (C=O) groups excluding carboxylic acids is 1. The van der Waals surface area contributed by atoms with Crippen LogP contribution in [0.1, 0.15) is 11.1 Å². The van der Waals surface area contributed by atoms with Crippen LogP contribution in [0.2, 0.25) is 0 Å². The summed E-state index contributed by atoms with van der Waals surface area (Å²) in [5.41, 5.74) is 3.54. The molecule has 0 aliphatic carbocycles. The highest BCUT2D eigenvalue weighted by Crippen LogP contribution is 2.31. The Hall–Kier alpha value is -2.99. The molecule has 0 aromatic heterocycles. The van der Waals surface area contributed by atoms with E-state index in [2.05, 4.69) is 52.6 Å². The lowest BCUT2D eigenvalue weighted by Gasteiger charge is -2.37. The fraction of sp³-hybridized carbons (Fsp3) is 0.250. The van der Waals surface area contributed by atoms with Crippen LogP contribution in [0, 0.1) is 6.92 Å². The predicted octanol–water partition coefficient (Wildman–Crippen LogP) is 4.35. The van der Waals surface area contributed by atoms with E-state index in [1.54, 1.807) is 6.08 Å². The number of hydrogen-bond acceptors (Lipinski definition) is 5. The molecular weight excluding hydrogens is 394 g/mol. The molecule has 6 heteroatoms. The highest BCUT2D eigenvalue weighted by atomic mass is 32.2. The van der Waals surface area contributed by atoms with Crippen LogP contribution in [0.15, 0.2) is 71.1 Å². The smallest absolute Gasteiger partial charge is 0.286 e. The third-order valence-electron chi connectivity index (χ3n) is 5.16. The van der Waals surface area contributed by atoms with E-state index in [0.717, 1.165) is 42.7 Å². The van der Waals surface area contributed by atoms with Gasteiger partial charge in [0.05, 0.1) is 4.91 Å². The van der Waals surface area contributed by atoms with Crippen LogP contribution in [0.3, 0.4) is 0 Å². The summed E-state index contributed by atoms with van der Waals surface area (Å²) < 4.78 is 5.50. The van der Waals surface area contributed by atoms with E-state index in [-0.39, 0.29) is 5.91 Å². The minimum absolute atomic E-state index is 0.164. The van der Waals surface area contributed by atoms with Crippen molar-refractivity contribution in [3.8, 4) is 5.75 Å². The van der Waals surface area contributed by atoms with Gasteiger partial charge in [-0.3, -0.25) is 4.79 Å². The van der Waals surface area contributed by atoms with E-state index >= 15 is 0 Å². The van der Waals surface area contributed by atoms with Gasteiger partial charge in [0.1, 0.15) is 12.4 Å². The molecule has 4 rings (SSSR count). The molecule has 2 heterocycles. The number of amides is 1. The van der Waals surface area contributed by atoms with Gasteiger partial charge in [-0.25, -0.2) is 0 Å². The van der Waals surface area contributed by atoms with Crippen molar-refractivity contribution in [3.05, 3.63) is 77.2 Å². The van der Waals surface area contributed by atoms with Crippen molar-refractivity contribution in [2.24, 2.45) is 4.99 Å². The molecule has 0 spiro atoms. The van der Waals surface area contributed by atoms with Gasteiger partial charge in [0.15, 0.2) is 5.17 Å². The Balaban J connectivity index is 1.37. The van der Waals surface area contributed by atoms with Gasteiger partial charge in [0.25, 0.3) is 5.91 Å². The molecule has 1 saturated heterocycles. The second-order valence-corrected chi connectivity index (χ2v) is 8.25. The molecule has 1 amide bonds. The minimum atomic E-state index is -0.164. The summed E-state index contributed by atoms with van der Waals surface area (Å²) in [6.07, 6.45) is 3.60. The van der Waals surface area contributed by atoms with E-state index in [1.807, 2.05) is 30.3 Å². The molecule has 2 aliphatic rings. The van der Waals surface area contributed by atoms with Gasteiger partial charge in [-0.15, -0.1) is 0 Å². The molecule has 0 saturated carbocycles. The fourth-order valence-electron chi connectivity index (χ4n) is 3.56. The maximum Gasteiger partial charge on any atom is 0.286 e. The van der Waals surface area contributed by atoms with Crippen molar-refractivity contribution in [2.75, 3.05) is 37.7 Å². The number of ether oxygens (including phenoxy) is 1. The Morgan fingerprint density at radius 1 is 1.07 bits per heavy atom. The number of hydrogen-bond donors (Lipinski definition) is 0. The van der Waals surface area contributed by atoms with Crippen molar-refractivity contribution in [2.45, 2.75) is 6.92 Å². The Morgan fingerprint density at radius 2 is 1.77 bits per heavy atom. The first-order valence-corrected chi connectivity index (χ1v) is 10.9. The standard InChI is InChI=1S/C24H25N3O2S/c1-3-16-29-20-10-8-19(9-11-20)17-22-23(28)25-24(30-22)27-14-12-26(13-15-27)21-7-5-4-6-18(21)2/h3-11,17H,1,12-16H2,2H3. The number of thioether (sulfide) groups is 1. The SMILES string of the molecule is C=CCOc1ccc(C=C2SC(N3CCN(c4ccccc4C)CC3)=NC2=O)cc1. The lowest BCUT2D eigenvalue weighted by Crippen LogP contribution is -2.48. The van der Waals surface area contributed by atoms with E-state index in [9.17, 15) is 4.79 Å². The van der Waals surface area contributed by atoms with Crippen LogP contribution in [0.25, 0.3) is 6.08 Å². The average Bonchev–Trinajstić information content (AvgIpc) is 3.14. The molecule has 2 aromatic carbocycles. The first kappa shape index (κ1) is 20.3. The predicted molar refractivity (Wildman–Crippen MR) is 125 cm³/mol. The van der Waals surface area contributed by atoms with Gasteiger partial charge in [-0.2, -0.15) is 4.99 Å². The van der Waals surface area contributed by atoms with E-state index < -0.39 is 0 Å². The first-order chi connectivity index (χ1) is 14.6. The molecule has 30 heavy (non-hydrogen) atoms. The minimum Gasteiger partial charge on any atom is -0.490 e. The topological polar surface area (TPSA) is 45.1 Å². The molecule has 2 aromatic rings. The van der Waals surface area contributed by atoms with Gasteiger partial charge in [0.2, 0.25) is 0 Å². The average molecular weight is 420 g/mol. The zero-order chi connectivity index (χ0) is 20.9. The summed E-state index contributed by atoms with van der Waals surface area (Å²) in [6.45, 7) is 9.82. The molecule has 0 N–H and O–H groups in total. The molecule has 5 nitrogen and oxygen atoms in total. The van der Waals surface area contributed by atoms with Crippen molar-refractivity contribution in [1.29, 1.82) is 0 Å². The van der Waals surface area contributed by atoms with Gasteiger partial charge in [-0.1, -0.05) is 43.0 Å². The molecule has 154 valence electrons. The third-order valence-corrected chi connectivity index (χ3v) is 6.21.